The molecule has 0 saturated carbocycles. The molecule has 1 saturated heterocycles. The third kappa shape index (κ3) is 1.61. The zero-order valence-electron chi connectivity index (χ0n) is 7.62. The van der Waals surface area contributed by atoms with E-state index in [1.807, 2.05) is 0 Å². The van der Waals surface area contributed by atoms with Crippen molar-refractivity contribution in [2.75, 3.05) is 18.5 Å². The van der Waals surface area contributed by atoms with E-state index < -0.39 is 5.54 Å². The van der Waals surface area contributed by atoms with Crippen molar-refractivity contribution >= 4 is 11.6 Å². The van der Waals surface area contributed by atoms with Gasteiger partial charge in [0.15, 0.2) is 0 Å². The summed E-state index contributed by atoms with van der Waals surface area (Å²) < 4.78 is 5.09. The molecule has 6 heteroatoms. The molecule has 2 rings (SSSR count). The minimum absolute atomic E-state index is 0.226. The molecule has 0 spiro atoms. The van der Waals surface area contributed by atoms with Gasteiger partial charge in [-0.3, -0.25) is 9.89 Å². The van der Waals surface area contributed by atoms with Crippen LogP contribution in [0.4, 0.5) is 5.69 Å². The van der Waals surface area contributed by atoms with Crippen LogP contribution in [0.2, 0.25) is 0 Å². The maximum atomic E-state index is 11.7. The second-order valence-corrected chi connectivity index (χ2v) is 3.40. The van der Waals surface area contributed by atoms with Gasteiger partial charge in [-0.1, -0.05) is 0 Å². The van der Waals surface area contributed by atoms with Crippen LogP contribution in [-0.2, 0) is 9.53 Å². The molecule has 1 aliphatic heterocycles. The van der Waals surface area contributed by atoms with E-state index in [1.54, 1.807) is 6.20 Å². The number of ether oxygens (including phenoxy) is 1. The van der Waals surface area contributed by atoms with Crippen molar-refractivity contribution in [3.63, 3.8) is 0 Å². The van der Waals surface area contributed by atoms with Crippen molar-refractivity contribution in [2.45, 2.75) is 12.0 Å². The normalized spacial score (nSPS) is 26.4. The molecule has 76 valence electrons. The summed E-state index contributed by atoms with van der Waals surface area (Å²) in [5.41, 5.74) is 5.58. The van der Waals surface area contributed by atoms with Crippen LogP contribution in [0.1, 0.15) is 6.42 Å². The summed E-state index contributed by atoms with van der Waals surface area (Å²) in [6, 6.07) is 0. The van der Waals surface area contributed by atoms with E-state index >= 15 is 0 Å². The van der Waals surface area contributed by atoms with Gasteiger partial charge >= 0.3 is 0 Å². The number of carbonyl (C=O) groups excluding carboxylic acids is 1. The average molecular weight is 196 g/mol. The Kier molecular flexibility index (Phi) is 2.22. The standard InChI is InChI=1S/C8H12N4O2/c9-8(1-2-14-5-8)7(13)12-6-3-10-11-4-6/h3-4H,1-2,5,9H2,(H,10,11)(H,12,13). The van der Waals surface area contributed by atoms with Crippen molar-refractivity contribution in [3.8, 4) is 0 Å². The van der Waals surface area contributed by atoms with Crippen molar-refractivity contribution in [2.24, 2.45) is 5.73 Å². The molecule has 6 nitrogen and oxygen atoms in total. The quantitative estimate of drug-likeness (QED) is 0.592. The van der Waals surface area contributed by atoms with Crippen molar-refractivity contribution < 1.29 is 9.53 Å². The topological polar surface area (TPSA) is 93.0 Å². The summed E-state index contributed by atoms with van der Waals surface area (Å²) >= 11 is 0. The fourth-order valence-electron chi connectivity index (χ4n) is 1.33. The van der Waals surface area contributed by atoms with Gasteiger partial charge in [0.1, 0.15) is 5.54 Å². The molecule has 1 aliphatic rings. The first kappa shape index (κ1) is 9.17. The summed E-state index contributed by atoms with van der Waals surface area (Å²) in [7, 11) is 0. The Labute approximate surface area is 80.8 Å². The van der Waals surface area contributed by atoms with Gasteiger partial charge in [-0.15, -0.1) is 0 Å². The highest BCUT2D eigenvalue weighted by atomic mass is 16.5. The third-order valence-electron chi connectivity index (χ3n) is 2.26. The molecule has 0 radical (unpaired) electrons. The third-order valence-corrected chi connectivity index (χ3v) is 2.26. The van der Waals surface area contributed by atoms with Gasteiger partial charge < -0.3 is 15.8 Å². The van der Waals surface area contributed by atoms with Crippen LogP contribution in [0.3, 0.4) is 0 Å². The molecule has 0 bridgehead atoms. The highest BCUT2D eigenvalue weighted by Gasteiger charge is 2.38. The Balaban J connectivity index is 2.02. The van der Waals surface area contributed by atoms with Gasteiger partial charge in [0, 0.05) is 12.8 Å². The first-order valence-electron chi connectivity index (χ1n) is 4.38. The predicted octanol–water partition coefficient (Wildman–Crippen LogP) is -0.534. The molecule has 1 aromatic rings. The van der Waals surface area contributed by atoms with Gasteiger partial charge in [0.2, 0.25) is 5.91 Å². The Morgan fingerprint density at radius 1 is 1.79 bits per heavy atom. The molecule has 1 aromatic heterocycles. The lowest BCUT2D eigenvalue weighted by atomic mass is 9.99. The Morgan fingerprint density at radius 2 is 2.64 bits per heavy atom. The zero-order chi connectivity index (χ0) is 10.0. The lowest BCUT2D eigenvalue weighted by molar-refractivity contribution is -0.121. The highest BCUT2D eigenvalue weighted by molar-refractivity contribution is 5.98. The number of carbonyl (C=O) groups is 1. The summed E-state index contributed by atoms with van der Waals surface area (Å²) in [6.45, 7) is 0.811. The van der Waals surface area contributed by atoms with Crippen LogP contribution in [0.15, 0.2) is 12.4 Å². The molecule has 0 aliphatic carbocycles. The fourth-order valence-corrected chi connectivity index (χ4v) is 1.33. The van der Waals surface area contributed by atoms with E-state index in [-0.39, 0.29) is 12.5 Å². The van der Waals surface area contributed by atoms with Gasteiger partial charge in [-0.05, 0) is 6.42 Å². The van der Waals surface area contributed by atoms with Crippen LogP contribution in [0.5, 0.6) is 0 Å². The van der Waals surface area contributed by atoms with E-state index in [2.05, 4.69) is 15.5 Å². The van der Waals surface area contributed by atoms with Gasteiger partial charge in [-0.25, -0.2) is 0 Å². The van der Waals surface area contributed by atoms with Crippen LogP contribution in [0.25, 0.3) is 0 Å². The number of nitrogens with two attached hydrogens (primary N) is 1. The van der Waals surface area contributed by atoms with Crippen molar-refractivity contribution in [1.82, 2.24) is 10.2 Å². The van der Waals surface area contributed by atoms with Crippen LogP contribution >= 0.6 is 0 Å². The van der Waals surface area contributed by atoms with E-state index in [0.29, 0.717) is 18.7 Å². The Morgan fingerprint density at radius 3 is 3.21 bits per heavy atom. The molecule has 1 atom stereocenters. The maximum Gasteiger partial charge on any atom is 0.247 e. The van der Waals surface area contributed by atoms with Crippen LogP contribution in [0, 0.1) is 0 Å². The van der Waals surface area contributed by atoms with E-state index in [9.17, 15) is 4.79 Å². The minimum atomic E-state index is -0.892. The number of hydrogen-bond acceptors (Lipinski definition) is 4. The number of H-pyrrole nitrogens is 1. The molecular weight excluding hydrogens is 184 g/mol. The van der Waals surface area contributed by atoms with Gasteiger partial charge in [0.25, 0.3) is 0 Å². The number of aromatic amines is 1. The number of nitrogens with one attached hydrogen (secondary N) is 2. The number of hydrogen-bond donors (Lipinski definition) is 3. The maximum absolute atomic E-state index is 11.7. The van der Waals surface area contributed by atoms with E-state index in [0.717, 1.165) is 0 Å². The Hall–Kier alpha value is -1.40. The van der Waals surface area contributed by atoms with E-state index in [1.165, 1.54) is 6.20 Å². The zero-order valence-corrected chi connectivity index (χ0v) is 7.62. The molecule has 1 amide bonds. The number of amides is 1. The molecule has 1 fully saturated rings. The molecule has 14 heavy (non-hydrogen) atoms. The first-order valence-corrected chi connectivity index (χ1v) is 4.38. The van der Waals surface area contributed by atoms with Crippen molar-refractivity contribution in [1.29, 1.82) is 0 Å². The highest BCUT2D eigenvalue weighted by Crippen LogP contribution is 2.17. The lowest BCUT2D eigenvalue weighted by Crippen LogP contribution is -2.51. The van der Waals surface area contributed by atoms with Gasteiger partial charge in [0.05, 0.1) is 18.5 Å². The SMILES string of the molecule is NC1(C(=O)Nc2cn[nH]c2)CCOC1. The average Bonchev–Trinajstić information content (AvgIpc) is 2.76. The molecule has 0 aromatic carbocycles. The summed E-state index contributed by atoms with van der Waals surface area (Å²) in [5, 5.41) is 8.98. The van der Waals surface area contributed by atoms with Crippen LogP contribution < -0.4 is 11.1 Å². The van der Waals surface area contributed by atoms with E-state index in [4.69, 9.17) is 10.5 Å². The summed E-state index contributed by atoms with van der Waals surface area (Å²) in [5.74, 6) is -0.226. The molecule has 4 N–H and O–H groups in total. The number of aromatic nitrogens is 2. The monoisotopic (exact) mass is 196 g/mol. The second kappa shape index (κ2) is 3.39. The summed E-state index contributed by atoms with van der Waals surface area (Å²) in [4.78, 5) is 11.7. The summed E-state index contributed by atoms with van der Waals surface area (Å²) in [6.07, 6.45) is 3.67. The lowest BCUT2D eigenvalue weighted by Gasteiger charge is -2.19. The largest absolute Gasteiger partial charge is 0.379 e. The second-order valence-electron chi connectivity index (χ2n) is 3.40. The van der Waals surface area contributed by atoms with Crippen molar-refractivity contribution in [3.05, 3.63) is 12.4 Å². The number of anilines is 1. The van der Waals surface area contributed by atoms with Gasteiger partial charge in [-0.2, -0.15) is 5.10 Å². The fraction of sp³-hybridized carbons (Fsp3) is 0.500. The molecule has 2 heterocycles. The number of nitrogens with zero attached hydrogens (tertiary/aromatic N) is 1. The minimum Gasteiger partial charge on any atom is -0.379 e. The van der Waals surface area contributed by atoms with Crippen LogP contribution in [-0.4, -0.2) is 34.9 Å². The molecule has 1 unspecified atom stereocenters. The number of rotatable bonds is 2. The first-order chi connectivity index (χ1) is 6.71. The predicted molar refractivity (Wildman–Crippen MR) is 49.6 cm³/mol. The Bertz CT molecular complexity index is 316. The molecular formula is C8H12N4O2. The smallest absolute Gasteiger partial charge is 0.247 e.